The van der Waals surface area contributed by atoms with Crippen molar-refractivity contribution in [2.24, 2.45) is 0 Å². The first-order valence-electron chi connectivity index (χ1n) is 8.43. The Bertz CT molecular complexity index is 881. The third kappa shape index (κ3) is 4.22. The molecule has 0 spiro atoms. The fourth-order valence-corrected chi connectivity index (χ4v) is 3.82. The van der Waals surface area contributed by atoms with Gasteiger partial charge in [0.2, 0.25) is 0 Å². The van der Waals surface area contributed by atoms with E-state index >= 15 is 0 Å². The highest BCUT2D eigenvalue weighted by molar-refractivity contribution is 14.1. The average molecular weight is 450 g/mol. The lowest BCUT2D eigenvalue weighted by Crippen LogP contribution is -2.27. The monoisotopic (exact) mass is 450 g/mol. The van der Waals surface area contributed by atoms with Crippen molar-refractivity contribution in [1.82, 2.24) is 9.55 Å². The van der Waals surface area contributed by atoms with Gasteiger partial charge in [-0.05, 0) is 60.2 Å². The molecule has 0 bridgehead atoms. The second-order valence-electron chi connectivity index (χ2n) is 6.77. The number of hydrogen-bond acceptors (Lipinski definition) is 3. The molecule has 0 unspecified atom stereocenters. The number of halogens is 1. The zero-order valence-electron chi connectivity index (χ0n) is 14.8. The molecular weight excluding hydrogens is 427 g/mol. The Morgan fingerprint density at radius 2 is 1.88 bits per heavy atom. The van der Waals surface area contributed by atoms with Crippen LogP contribution in [-0.2, 0) is 17.9 Å². The quantitative estimate of drug-likeness (QED) is 0.558. The molecule has 1 aromatic heterocycles. The van der Waals surface area contributed by atoms with Gasteiger partial charge in [0.05, 0.1) is 17.8 Å². The molecule has 4 nitrogen and oxygen atoms in total. The third-order valence-electron chi connectivity index (χ3n) is 4.01. The third-order valence-corrected chi connectivity index (χ3v) is 4.76. The van der Waals surface area contributed by atoms with E-state index in [4.69, 9.17) is 9.72 Å². The molecule has 132 valence electrons. The summed E-state index contributed by atoms with van der Waals surface area (Å²) < 4.78 is 8.59. The summed E-state index contributed by atoms with van der Waals surface area (Å²) in [6.45, 7) is 7.14. The molecule has 0 aliphatic rings. The number of hydrogen-bond donors (Lipinski definition) is 1. The molecule has 0 aliphatic carbocycles. The number of fused-ring (bicyclic) bond motifs is 1. The molecule has 1 N–H and O–H groups in total. The molecule has 0 radical (unpaired) electrons. The van der Waals surface area contributed by atoms with Crippen molar-refractivity contribution in [2.75, 3.05) is 6.61 Å². The zero-order valence-corrected chi connectivity index (χ0v) is 16.9. The molecule has 0 amide bonds. The Hall–Kier alpha value is -1.44. The first-order chi connectivity index (χ1) is 11.9. The SMILES string of the molecule is CCOCc1nc(I)c(-c2ccc3ccccc3c2)n1CC(C)(C)O. The molecule has 5 heteroatoms. The Kier molecular flexibility index (Phi) is 5.46. The van der Waals surface area contributed by atoms with E-state index in [0.29, 0.717) is 19.8 Å². The molecule has 0 fully saturated rings. The van der Waals surface area contributed by atoms with Crippen LogP contribution in [0.4, 0.5) is 0 Å². The van der Waals surface area contributed by atoms with Crippen molar-refractivity contribution in [3.8, 4) is 11.3 Å². The highest BCUT2D eigenvalue weighted by atomic mass is 127. The molecule has 0 saturated heterocycles. The largest absolute Gasteiger partial charge is 0.389 e. The summed E-state index contributed by atoms with van der Waals surface area (Å²) in [6, 6.07) is 14.7. The van der Waals surface area contributed by atoms with Crippen LogP contribution in [0.2, 0.25) is 0 Å². The average Bonchev–Trinajstić information content (AvgIpc) is 2.86. The van der Waals surface area contributed by atoms with E-state index in [2.05, 4.69) is 57.5 Å². The highest BCUT2D eigenvalue weighted by Crippen LogP contribution is 2.31. The van der Waals surface area contributed by atoms with Crippen molar-refractivity contribution in [2.45, 2.75) is 39.5 Å². The van der Waals surface area contributed by atoms with E-state index in [-0.39, 0.29) is 0 Å². The maximum atomic E-state index is 10.4. The maximum absolute atomic E-state index is 10.4. The maximum Gasteiger partial charge on any atom is 0.136 e. The van der Waals surface area contributed by atoms with E-state index in [1.165, 1.54) is 10.8 Å². The van der Waals surface area contributed by atoms with Crippen LogP contribution in [0.15, 0.2) is 42.5 Å². The van der Waals surface area contributed by atoms with Crippen LogP contribution in [0.5, 0.6) is 0 Å². The Morgan fingerprint density at radius 1 is 1.16 bits per heavy atom. The van der Waals surface area contributed by atoms with Gasteiger partial charge in [-0.2, -0.15) is 0 Å². The molecule has 0 saturated carbocycles. The Morgan fingerprint density at radius 3 is 2.56 bits per heavy atom. The summed E-state index contributed by atoms with van der Waals surface area (Å²) in [4.78, 5) is 4.70. The van der Waals surface area contributed by atoms with Crippen LogP contribution in [0.1, 0.15) is 26.6 Å². The van der Waals surface area contributed by atoms with Gasteiger partial charge >= 0.3 is 0 Å². The second kappa shape index (κ2) is 7.43. The predicted molar refractivity (Wildman–Crippen MR) is 110 cm³/mol. The summed E-state index contributed by atoms with van der Waals surface area (Å²) in [5.41, 5.74) is 1.29. The van der Waals surface area contributed by atoms with Crippen molar-refractivity contribution >= 4 is 33.4 Å². The van der Waals surface area contributed by atoms with Crippen LogP contribution < -0.4 is 0 Å². The summed E-state index contributed by atoms with van der Waals surface area (Å²) in [7, 11) is 0. The number of nitrogens with zero attached hydrogens (tertiary/aromatic N) is 2. The fourth-order valence-electron chi connectivity index (χ4n) is 2.94. The minimum absolute atomic E-state index is 0.441. The van der Waals surface area contributed by atoms with Gasteiger partial charge in [-0.1, -0.05) is 36.4 Å². The van der Waals surface area contributed by atoms with Crippen LogP contribution >= 0.6 is 22.6 Å². The predicted octanol–water partition coefficient (Wildman–Crippen LogP) is 4.62. The van der Waals surface area contributed by atoms with Crippen LogP contribution in [-0.4, -0.2) is 26.9 Å². The topological polar surface area (TPSA) is 47.3 Å². The fraction of sp³-hybridized carbons (Fsp3) is 0.350. The van der Waals surface area contributed by atoms with Gasteiger partial charge in [-0.3, -0.25) is 0 Å². The van der Waals surface area contributed by atoms with Gasteiger partial charge in [0.25, 0.3) is 0 Å². The van der Waals surface area contributed by atoms with Crippen molar-refractivity contribution in [3.05, 3.63) is 52.0 Å². The normalized spacial score (nSPS) is 12.0. The molecule has 0 aliphatic heterocycles. The lowest BCUT2D eigenvalue weighted by Gasteiger charge is -2.22. The molecule has 2 aromatic carbocycles. The van der Waals surface area contributed by atoms with Gasteiger partial charge in [-0.15, -0.1) is 0 Å². The van der Waals surface area contributed by atoms with E-state index in [0.717, 1.165) is 20.8 Å². The molecule has 3 rings (SSSR count). The van der Waals surface area contributed by atoms with Gasteiger partial charge in [-0.25, -0.2) is 4.98 Å². The minimum Gasteiger partial charge on any atom is -0.389 e. The number of imidazole rings is 1. The lowest BCUT2D eigenvalue weighted by atomic mass is 10.0. The lowest BCUT2D eigenvalue weighted by molar-refractivity contribution is 0.0574. The first kappa shape index (κ1) is 18.4. The van der Waals surface area contributed by atoms with Gasteiger partial charge < -0.3 is 14.4 Å². The molecule has 3 aromatic rings. The van der Waals surface area contributed by atoms with Crippen LogP contribution in [0, 0.1) is 3.70 Å². The summed E-state index contributed by atoms with van der Waals surface area (Å²) in [5, 5.41) is 12.8. The van der Waals surface area contributed by atoms with E-state index in [9.17, 15) is 5.11 Å². The van der Waals surface area contributed by atoms with Crippen LogP contribution in [0.3, 0.4) is 0 Å². The summed E-state index contributed by atoms with van der Waals surface area (Å²) in [6.07, 6.45) is 0. The number of ether oxygens (including phenoxy) is 1. The molecule has 25 heavy (non-hydrogen) atoms. The Labute approximate surface area is 162 Å². The standard InChI is InChI=1S/C20H23IN2O2/c1-4-25-12-17-22-19(21)18(23(17)13-20(2,3)24)16-10-9-14-7-5-6-8-15(14)11-16/h5-11,24H,4,12-13H2,1-3H3. The summed E-state index contributed by atoms with van der Waals surface area (Å²) in [5.74, 6) is 0.844. The number of rotatable bonds is 6. The van der Waals surface area contributed by atoms with E-state index in [1.807, 2.05) is 32.9 Å². The van der Waals surface area contributed by atoms with Crippen molar-refractivity contribution in [3.63, 3.8) is 0 Å². The zero-order chi connectivity index (χ0) is 18.0. The van der Waals surface area contributed by atoms with E-state index in [1.54, 1.807) is 0 Å². The second-order valence-corrected chi connectivity index (χ2v) is 7.79. The smallest absolute Gasteiger partial charge is 0.136 e. The summed E-state index contributed by atoms with van der Waals surface area (Å²) >= 11 is 2.27. The number of benzene rings is 2. The molecule has 1 heterocycles. The number of aromatic nitrogens is 2. The van der Waals surface area contributed by atoms with Gasteiger partial charge in [0.1, 0.15) is 16.1 Å². The molecular formula is C20H23IN2O2. The van der Waals surface area contributed by atoms with E-state index < -0.39 is 5.60 Å². The Balaban J connectivity index is 2.13. The van der Waals surface area contributed by atoms with Gasteiger partial charge in [0, 0.05) is 12.2 Å². The van der Waals surface area contributed by atoms with Crippen LogP contribution in [0.25, 0.3) is 22.0 Å². The van der Waals surface area contributed by atoms with Crippen molar-refractivity contribution < 1.29 is 9.84 Å². The van der Waals surface area contributed by atoms with Crippen molar-refractivity contribution in [1.29, 1.82) is 0 Å². The minimum atomic E-state index is -0.837. The first-order valence-corrected chi connectivity index (χ1v) is 9.51. The van der Waals surface area contributed by atoms with Gasteiger partial charge in [0.15, 0.2) is 0 Å². The number of aliphatic hydroxyl groups is 1. The molecule has 0 atom stereocenters. The highest BCUT2D eigenvalue weighted by Gasteiger charge is 2.23.